The van der Waals surface area contributed by atoms with Crippen LogP contribution in [0.2, 0.25) is 0 Å². The molecule has 0 bridgehead atoms. The van der Waals surface area contributed by atoms with E-state index in [9.17, 15) is 0 Å². The van der Waals surface area contributed by atoms with E-state index < -0.39 is 0 Å². The fraction of sp³-hybridized carbons (Fsp3) is 0.778. The van der Waals surface area contributed by atoms with Crippen LogP contribution in [0.4, 0.5) is 6.01 Å². The third kappa shape index (κ3) is 2.90. The molecule has 2 N–H and O–H groups in total. The van der Waals surface area contributed by atoms with E-state index in [1.54, 1.807) is 0 Å². The number of hydrogen-bond acceptors (Lipinski definition) is 6. The van der Waals surface area contributed by atoms with Gasteiger partial charge in [0.25, 0.3) is 0 Å². The van der Waals surface area contributed by atoms with Gasteiger partial charge in [0.05, 0.1) is 0 Å². The minimum Gasteiger partial charge on any atom is -0.351 e. The summed E-state index contributed by atoms with van der Waals surface area (Å²) in [6, 6.07) is 0.156. The number of piperazine rings is 1. The molecular formula is C9H17N5O. The summed E-state index contributed by atoms with van der Waals surface area (Å²) in [5.41, 5.74) is 5.34. The molecule has 1 aliphatic heterocycles. The summed E-state index contributed by atoms with van der Waals surface area (Å²) in [6.07, 6.45) is 0.810. The van der Waals surface area contributed by atoms with Crippen molar-refractivity contribution in [3.8, 4) is 0 Å². The molecule has 0 aliphatic carbocycles. The molecule has 1 aromatic heterocycles. The summed E-state index contributed by atoms with van der Waals surface area (Å²) in [7, 11) is 2.15. The van der Waals surface area contributed by atoms with E-state index in [-0.39, 0.29) is 6.01 Å². The van der Waals surface area contributed by atoms with Crippen LogP contribution in [0.15, 0.2) is 4.52 Å². The van der Waals surface area contributed by atoms with Gasteiger partial charge in [0.2, 0.25) is 0 Å². The van der Waals surface area contributed by atoms with Crippen LogP contribution >= 0.6 is 0 Å². The maximum Gasteiger partial charge on any atom is 0.318 e. The molecule has 1 fully saturated rings. The van der Waals surface area contributed by atoms with Crippen molar-refractivity contribution in [2.45, 2.75) is 6.42 Å². The molecule has 84 valence electrons. The van der Waals surface area contributed by atoms with Crippen molar-refractivity contribution in [2.75, 3.05) is 45.5 Å². The first kappa shape index (κ1) is 10.4. The monoisotopic (exact) mass is 211 g/mol. The molecule has 0 unspecified atom stereocenters. The Morgan fingerprint density at radius 2 is 2.07 bits per heavy atom. The molecule has 1 aromatic rings. The Kier molecular flexibility index (Phi) is 3.17. The SMILES string of the molecule is CN1CCN(CCc2noc(N)n2)CC1. The predicted molar refractivity (Wildman–Crippen MR) is 56.4 cm³/mol. The van der Waals surface area contributed by atoms with Crippen LogP contribution in [0, 0.1) is 0 Å². The number of aromatic nitrogens is 2. The average molecular weight is 211 g/mol. The van der Waals surface area contributed by atoms with Crippen molar-refractivity contribution in [1.29, 1.82) is 0 Å². The van der Waals surface area contributed by atoms with E-state index >= 15 is 0 Å². The Morgan fingerprint density at radius 3 is 2.67 bits per heavy atom. The molecule has 1 saturated heterocycles. The lowest BCUT2D eigenvalue weighted by atomic mass is 10.3. The molecule has 0 radical (unpaired) electrons. The predicted octanol–water partition coefficient (Wildman–Crippen LogP) is -0.558. The van der Waals surface area contributed by atoms with Crippen LogP contribution in [0.3, 0.4) is 0 Å². The standard InChI is InChI=1S/C9H17N5O/c1-13-4-6-14(7-5-13)3-2-8-11-9(10)15-12-8/h2-7H2,1H3,(H2,10,11,12). The number of hydrogen-bond donors (Lipinski definition) is 1. The lowest BCUT2D eigenvalue weighted by Crippen LogP contribution is -2.45. The van der Waals surface area contributed by atoms with Crippen LogP contribution in [0.25, 0.3) is 0 Å². The molecule has 0 amide bonds. The van der Waals surface area contributed by atoms with Crippen LogP contribution in [-0.4, -0.2) is 59.7 Å². The van der Waals surface area contributed by atoms with Gasteiger partial charge in [0.1, 0.15) is 0 Å². The second-order valence-electron chi connectivity index (χ2n) is 3.94. The first-order valence-electron chi connectivity index (χ1n) is 5.23. The van der Waals surface area contributed by atoms with Gasteiger partial charge in [-0.3, -0.25) is 0 Å². The molecule has 2 rings (SSSR count). The zero-order chi connectivity index (χ0) is 10.7. The van der Waals surface area contributed by atoms with Crippen molar-refractivity contribution < 1.29 is 4.52 Å². The van der Waals surface area contributed by atoms with E-state index in [0.717, 1.165) is 39.1 Å². The van der Waals surface area contributed by atoms with Crippen LogP contribution in [0.5, 0.6) is 0 Å². The summed E-state index contributed by atoms with van der Waals surface area (Å²) in [6.45, 7) is 5.48. The van der Waals surface area contributed by atoms with Crippen molar-refractivity contribution >= 4 is 6.01 Å². The highest BCUT2D eigenvalue weighted by Crippen LogP contribution is 2.03. The summed E-state index contributed by atoms with van der Waals surface area (Å²) >= 11 is 0. The number of nitrogens with zero attached hydrogens (tertiary/aromatic N) is 4. The quantitative estimate of drug-likeness (QED) is 0.722. The topological polar surface area (TPSA) is 71.4 Å². The van der Waals surface area contributed by atoms with Gasteiger partial charge in [-0.25, -0.2) is 0 Å². The molecule has 6 nitrogen and oxygen atoms in total. The van der Waals surface area contributed by atoms with Crippen molar-refractivity contribution in [3.63, 3.8) is 0 Å². The first-order valence-corrected chi connectivity index (χ1v) is 5.23. The zero-order valence-electron chi connectivity index (χ0n) is 9.02. The molecule has 0 atom stereocenters. The summed E-state index contributed by atoms with van der Waals surface area (Å²) in [5.74, 6) is 0.700. The van der Waals surface area contributed by atoms with Gasteiger partial charge in [0, 0.05) is 39.1 Å². The van der Waals surface area contributed by atoms with Gasteiger partial charge in [-0.1, -0.05) is 5.16 Å². The lowest BCUT2D eigenvalue weighted by molar-refractivity contribution is 0.154. The molecule has 0 spiro atoms. The Morgan fingerprint density at radius 1 is 1.33 bits per heavy atom. The third-order valence-electron chi connectivity index (χ3n) is 2.73. The Hall–Kier alpha value is -1.14. The van der Waals surface area contributed by atoms with Gasteiger partial charge in [-0.15, -0.1) is 0 Å². The maximum absolute atomic E-state index is 5.34. The second-order valence-corrected chi connectivity index (χ2v) is 3.94. The van der Waals surface area contributed by atoms with E-state index in [2.05, 4.69) is 27.0 Å². The highest BCUT2D eigenvalue weighted by atomic mass is 16.5. The van der Waals surface area contributed by atoms with Crippen molar-refractivity contribution in [1.82, 2.24) is 19.9 Å². The zero-order valence-corrected chi connectivity index (χ0v) is 9.02. The van der Waals surface area contributed by atoms with E-state index in [0.29, 0.717) is 5.82 Å². The lowest BCUT2D eigenvalue weighted by Gasteiger charge is -2.31. The van der Waals surface area contributed by atoms with Gasteiger partial charge >= 0.3 is 6.01 Å². The minimum atomic E-state index is 0.156. The molecule has 2 heterocycles. The van der Waals surface area contributed by atoms with Gasteiger partial charge in [-0.2, -0.15) is 4.98 Å². The maximum atomic E-state index is 5.34. The van der Waals surface area contributed by atoms with Crippen LogP contribution in [0.1, 0.15) is 5.82 Å². The summed E-state index contributed by atoms with van der Waals surface area (Å²) in [5, 5.41) is 3.77. The normalized spacial score (nSPS) is 19.5. The number of anilines is 1. The van der Waals surface area contributed by atoms with E-state index in [1.807, 2.05) is 0 Å². The van der Waals surface area contributed by atoms with Crippen LogP contribution in [-0.2, 0) is 6.42 Å². The number of rotatable bonds is 3. The van der Waals surface area contributed by atoms with E-state index in [1.165, 1.54) is 0 Å². The van der Waals surface area contributed by atoms with Crippen molar-refractivity contribution in [2.24, 2.45) is 0 Å². The fourth-order valence-electron chi connectivity index (χ4n) is 1.70. The molecule has 1 aliphatic rings. The number of nitrogen functional groups attached to an aromatic ring is 1. The number of likely N-dealkylation sites (N-methyl/N-ethyl adjacent to an activating group) is 1. The largest absolute Gasteiger partial charge is 0.351 e. The Labute approximate surface area is 89.0 Å². The highest BCUT2D eigenvalue weighted by molar-refractivity contribution is 5.07. The third-order valence-corrected chi connectivity index (χ3v) is 2.73. The summed E-state index contributed by atoms with van der Waals surface area (Å²) < 4.78 is 4.71. The average Bonchev–Trinajstić information content (AvgIpc) is 2.64. The Bertz CT molecular complexity index is 305. The molecule has 15 heavy (non-hydrogen) atoms. The Balaban J connectivity index is 1.74. The fourth-order valence-corrected chi connectivity index (χ4v) is 1.70. The minimum absolute atomic E-state index is 0.156. The molecule has 0 saturated carbocycles. The van der Waals surface area contributed by atoms with Gasteiger partial charge < -0.3 is 20.1 Å². The van der Waals surface area contributed by atoms with Gasteiger partial charge in [0.15, 0.2) is 5.82 Å². The van der Waals surface area contributed by atoms with Crippen molar-refractivity contribution in [3.05, 3.63) is 5.82 Å². The number of nitrogens with two attached hydrogens (primary N) is 1. The molecule has 6 heteroatoms. The second kappa shape index (κ2) is 4.59. The van der Waals surface area contributed by atoms with E-state index in [4.69, 9.17) is 10.3 Å². The first-order chi connectivity index (χ1) is 7.24. The smallest absolute Gasteiger partial charge is 0.318 e. The highest BCUT2D eigenvalue weighted by Gasteiger charge is 2.14. The summed E-state index contributed by atoms with van der Waals surface area (Å²) in [4.78, 5) is 8.72. The van der Waals surface area contributed by atoms with Crippen LogP contribution < -0.4 is 5.73 Å². The molecule has 0 aromatic carbocycles. The molecular weight excluding hydrogens is 194 g/mol. The van der Waals surface area contributed by atoms with Gasteiger partial charge in [-0.05, 0) is 7.05 Å².